The summed E-state index contributed by atoms with van der Waals surface area (Å²) in [4.78, 5) is 14.9. The van der Waals surface area contributed by atoms with Gasteiger partial charge in [0.05, 0.1) is 0 Å². The first-order chi connectivity index (χ1) is 9.28. The average molecular weight is 271 g/mol. The molecule has 1 aromatic rings. The predicted octanol–water partition coefficient (Wildman–Crippen LogP) is 4.04. The van der Waals surface area contributed by atoms with Crippen LogP contribution >= 0.6 is 0 Å². The monoisotopic (exact) mass is 271 g/mol. The van der Waals surface area contributed by atoms with Crippen molar-refractivity contribution >= 4 is 5.91 Å². The molecule has 2 heteroatoms. The van der Waals surface area contributed by atoms with Crippen LogP contribution in [0.1, 0.15) is 56.0 Å². The van der Waals surface area contributed by atoms with Crippen molar-refractivity contribution in [1.29, 1.82) is 0 Å². The predicted molar refractivity (Wildman–Crippen MR) is 81.7 cm³/mol. The van der Waals surface area contributed by atoms with E-state index >= 15 is 0 Å². The van der Waals surface area contributed by atoms with Gasteiger partial charge in [0.25, 0.3) is 5.91 Å². The van der Waals surface area contributed by atoms with E-state index in [0.29, 0.717) is 16.9 Å². The quantitative estimate of drug-likeness (QED) is 0.755. The second kappa shape index (κ2) is 4.34. The van der Waals surface area contributed by atoms with E-state index in [9.17, 15) is 4.79 Å². The van der Waals surface area contributed by atoms with Crippen molar-refractivity contribution in [3.63, 3.8) is 0 Å². The number of likely N-dealkylation sites (tertiary alicyclic amines) is 1. The number of hydrogen-bond acceptors (Lipinski definition) is 1. The SMILES string of the molecule is Cc1ccc(C(=O)N2C[C@@]3(C)C[C@@H]2CC(C)(C)C3)cc1. The third-order valence-electron chi connectivity index (χ3n) is 4.97. The van der Waals surface area contributed by atoms with Gasteiger partial charge < -0.3 is 4.90 Å². The third-order valence-corrected chi connectivity index (χ3v) is 4.97. The molecule has 2 atom stereocenters. The van der Waals surface area contributed by atoms with Gasteiger partial charge in [-0.15, -0.1) is 0 Å². The van der Waals surface area contributed by atoms with Crippen LogP contribution in [0.25, 0.3) is 0 Å². The first kappa shape index (κ1) is 13.7. The highest BCUT2D eigenvalue weighted by Gasteiger charge is 2.50. The largest absolute Gasteiger partial charge is 0.335 e. The van der Waals surface area contributed by atoms with E-state index in [4.69, 9.17) is 0 Å². The molecule has 1 saturated carbocycles. The molecule has 0 radical (unpaired) electrons. The van der Waals surface area contributed by atoms with Crippen LogP contribution in [0.2, 0.25) is 0 Å². The summed E-state index contributed by atoms with van der Waals surface area (Å²) in [6.07, 6.45) is 3.54. The number of benzene rings is 1. The molecule has 2 bridgehead atoms. The Balaban J connectivity index is 1.85. The standard InChI is InChI=1S/C18H25NO/c1-13-5-7-14(8-6-13)16(20)19-12-18(4)10-15(19)9-17(2,3)11-18/h5-8,15H,9-12H2,1-4H3/t15-,18-/m0/s1. The third kappa shape index (κ3) is 2.36. The Hall–Kier alpha value is -1.31. The van der Waals surface area contributed by atoms with E-state index in [2.05, 4.69) is 32.6 Å². The summed E-state index contributed by atoms with van der Waals surface area (Å²) in [5.41, 5.74) is 2.71. The molecular formula is C18H25NO. The Morgan fingerprint density at radius 3 is 2.45 bits per heavy atom. The minimum atomic E-state index is 0.219. The Bertz CT molecular complexity index is 531. The molecule has 108 valence electrons. The summed E-state index contributed by atoms with van der Waals surface area (Å²) in [7, 11) is 0. The van der Waals surface area contributed by atoms with Crippen LogP contribution in [-0.4, -0.2) is 23.4 Å². The van der Waals surface area contributed by atoms with Crippen LogP contribution in [0, 0.1) is 17.8 Å². The lowest BCUT2D eigenvalue weighted by Gasteiger charge is -2.39. The summed E-state index contributed by atoms with van der Waals surface area (Å²) >= 11 is 0. The zero-order valence-electron chi connectivity index (χ0n) is 13.1. The zero-order valence-corrected chi connectivity index (χ0v) is 13.1. The van der Waals surface area contributed by atoms with Gasteiger partial charge in [0.1, 0.15) is 0 Å². The number of nitrogens with zero attached hydrogens (tertiary/aromatic N) is 1. The fourth-order valence-corrected chi connectivity index (χ4v) is 4.56. The van der Waals surface area contributed by atoms with E-state index < -0.39 is 0 Å². The minimum Gasteiger partial charge on any atom is -0.335 e. The molecule has 2 aliphatic rings. The molecule has 20 heavy (non-hydrogen) atoms. The van der Waals surface area contributed by atoms with Gasteiger partial charge in [-0.25, -0.2) is 0 Å². The van der Waals surface area contributed by atoms with E-state index in [1.807, 2.05) is 24.3 Å². The zero-order chi connectivity index (χ0) is 14.5. The molecule has 0 N–H and O–H groups in total. The fraction of sp³-hybridized carbons (Fsp3) is 0.611. The smallest absolute Gasteiger partial charge is 0.254 e. The Morgan fingerprint density at radius 2 is 1.80 bits per heavy atom. The number of carbonyl (C=O) groups excluding carboxylic acids is 1. The molecule has 0 unspecified atom stereocenters. The van der Waals surface area contributed by atoms with Gasteiger partial charge in [-0.3, -0.25) is 4.79 Å². The van der Waals surface area contributed by atoms with Crippen molar-refractivity contribution in [1.82, 2.24) is 4.90 Å². The van der Waals surface area contributed by atoms with Crippen molar-refractivity contribution in [2.45, 2.75) is 53.0 Å². The summed E-state index contributed by atoms with van der Waals surface area (Å²) in [6.45, 7) is 10.0. The Kier molecular flexibility index (Phi) is 2.97. The topological polar surface area (TPSA) is 20.3 Å². The highest BCUT2D eigenvalue weighted by molar-refractivity contribution is 5.94. The van der Waals surface area contributed by atoms with Gasteiger partial charge in [-0.05, 0) is 49.1 Å². The molecular weight excluding hydrogens is 246 g/mol. The van der Waals surface area contributed by atoms with Crippen LogP contribution in [-0.2, 0) is 0 Å². The number of carbonyl (C=O) groups is 1. The van der Waals surface area contributed by atoms with Crippen LogP contribution in [0.4, 0.5) is 0 Å². The molecule has 1 aromatic carbocycles. The summed E-state index contributed by atoms with van der Waals surface area (Å²) in [6, 6.07) is 8.42. The number of fused-ring (bicyclic) bond motifs is 2. The van der Waals surface area contributed by atoms with Crippen molar-refractivity contribution in [3.05, 3.63) is 35.4 Å². The second-order valence-electron chi connectivity index (χ2n) is 8.01. The molecule has 1 saturated heterocycles. The summed E-state index contributed by atoms with van der Waals surface area (Å²) < 4.78 is 0. The van der Waals surface area contributed by atoms with Crippen LogP contribution < -0.4 is 0 Å². The van der Waals surface area contributed by atoms with E-state index in [-0.39, 0.29) is 5.91 Å². The van der Waals surface area contributed by atoms with Crippen molar-refractivity contribution in [2.75, 3.05) is 6.54 Å². The number of aryl methyl sites for hydroxylation is 1. The Labute approximate surface area is 122 Å². The van der Waals surface area contributed by atoms with Gasteiger partial charge in [0, 0.05) is 18.2 Å². The highest BCUT2D eigenvalue weighted by atomic mass is 16.2. The molecule has 0 aromatic heterocycles. The molecule has 1 aliphatic carbocycles. The first-order valence-corrected chi connectivity index (χ1v) is 7.66. The van der Waals surface area contributed by atoms with Crippen LogP contribution in [0.15, 0.2) is 24.3 Å². The van der Waals surface area contributed by atoms with Gasteiger partial charge >= 0.3 is 0 Å². The molecule has 2 fully saturated rings. The lowest BCUT2D eigenvalue weighted by atomic mass is 9.65. The number of rotatable bonds is 1. The average Bonchev–Trinajstić information content (AvgIpc) is 2.58. The summed E-state index contributed by atoms with van der Waals surface area (Å²) in [5, 5.41) is 0. The molecule has 1 amide bonds. The lowest BCUT2D eigenvalue weighted by Crippen LogP contribution is -2.37. The van der Waals surface area contributed by atoms with E-state index in [1.165, 1.54) is 18.4 Å². The summed E-state index contributed by atoms with van der Waals surface area (Å²) in [5.74, 6) is 0.219. The van der Waals surface area contributed by atoms with Crippen molar-refractivity contribution < 1.29 is 4.79 Å². The molecule has 1 aliphatic heterocycles. The highest BCUT2D eigenvalue weighted by Crippen LogP contribution is 2.52. The normalized spacial score (nSPS) is 31.4. The van der Waals surface area contributed by atoms with Gasteiger partial charge in [0.15, 0.2) is 0 Å². The maximum absolute atomic E-state index is 12.8. The van der Waals surface area contributed by atoms with Gasteiger partial charge in [0.2, 0.25) is 0 Å². The lowest BCUT2D eigenvalue weighted by molar-refractivity contribution is 0.0708. The molecule has 1 heterocycles. The number of hydrogen-bond donors (Lipinski definition) is 0. The minimum absolute atomic E-state index is 0.219. The Morgan fingerprint density at radius 1 is 1.15 bits per heavy atom. The van der Waals surface area contributed by atoms with Crippen LogP contribution in [0.3, 0.4) is 0 Å². The first-order valence-electron chi connectivity index (χ1n) is 7.66. The molecule has 0 spiro atoms. The van der Waals surface area contributed by atoms with Gasteiger partial charge in [-0.1, -0.05) is 38.5 Å². The van der Waals surface area contributed by atoms with Gasteiger partial charge in [-0.2, -0.15) is 0 Å². The fourth-order valence-electron chi connectivity index (χ4n) is 4.56. The maximum atomic E-state index is 12.8. The maximum Gasteiger partial charge on any atom is 0.254 e. The van der Waals surface area contributed by atoms with Crippen molar-refractivity contribution in [3.8, 4) is 0 Å². The van der Waals surface area contributed by atoms with E-state index in [0.717, 1.165) is 18.5 Å². The van der Waals surface area contributed by atoms with E-state index in [1.54, 1.807) is 0 Å². The molecule has 2 nitrogen and oxygen atoms in total. The number of amides is 1. The second-order valence-corrected chi connectivity index (χ2v) is 8.01. The molecule has 3 rings (SSSR count). The van der Waals surface area contributed by atoms with Crippen LogP contribution in [0.5, 0.6) is 0 Å². The van der Waals surface area contributed by atoms with Crippen molar-refractivity contribution in [2.24, 2.45) is 10.8 Å².